The van der Waals surface area contributed by atoms with Crippen molar-refractivity contribution < 1.29 is 28.6 Å². The molecule has 0 aromatic heterocycles. The van der Waals surface area contributed by atoms with E-state index in [0.717, 1.165) is 69.6 Å². The van der Waals surface area contributed by atoms with E-state index < -0.39 is 6.10 Å². The van der Waals surface area contributed by atoms with Crippen molar-refractivity contribution in [3.63, 3.8) is 0 Å². The molecule has 6 nitrogen and oxygen atoms in total. The van der Waals surface area contributed by atoms with E-state index in [1.165, 1.54) is 263 Å². The lowest BCUT2D eigenvalue weighted by molar-refractivity contribution is -0.167. The molecular weight excluding hydrogens is 889 g/mol. The van der Waals surface area contributed by atoms with Crippen LogP contribution in [0.1, 0.15) is 375 Å². The van der Waals surface area contributed by atoms with Crippen LogP contribution in [-0.2, 0) is 28.6 Å². The van der Waals surface area contributed by atoms with E-state index in [1.807, 2.05) is 0 Å². The van der Waals surface area contributed by atoms with Crippen LogP contribution in [0.25, 0.3) is 0 Å². The molecule has 72 heavy (non-hydrogen) atoms. The lowest BCUT2D eigenvalue weighted by Crippen LogP contribution is -2.30. The molecule has 0 aliphatic rings. The van der Waals surface area contributed by atoms with Crippen LogP contribution in [0.3, 0.4) is 0 Å². The number of carbonyl (C=O) groups excluding carboxylic acids is 3. The summed E-state index contributed by atoms with van der Waals surface area (Å²) in [5, 5.41) is 0. The highest BCUT2D eigenvalue weighted by atomic mass is 16.6. The number of esters is 3. The minimum atomic E-state index is -0.764. The van der Waals surface area contributed by atoms with Crippen LogP contribution in [-0.4, -0.2) is 37.2 Å². The third-order valence-electron chi connectivity index (χ3n) is 15.2. The van der Waals surface area contributed by atoms with Crippen molar-refractivity contribution in [1.29, 1.82) is 0 Å². The minimum absolute atomic E-state index is 0.0619. The van der Waals surface area contributed by atoms with E-state index in [4.69, 9.17) is 14.2 Å². The van der Waals surface area contributed by atoms with Crippen LogP contribution in [0.15, 0.2) is 0 Å². The van der Waals surface area contributed by atoms with Crippen LogP contribution >= 0.6 is 0 Å². The van der Waals surface area contributed by atoms with Crippen molar-refractivity contribution in [1.82, 2.24) is 0 Å². The van der Waals surface area contributed by atoms with Crippen molar-refractivity contribution in [3.8, 4) is 0 Å². The second-order valence-corrected chi connectivity index (χ2v) is 23.7. The number of carbonyl (C=O) groups is 3. The minimum Gasteiger partial charge on any atom is -0.462 e. The smallest absolute Gasteiger partial charge is 0.306 e. The first-order valence-electron chi connectivity index (χ1n) is 32.7. The Morgan fingerprint density at radius 3 is 0.681 bits per heavy atom. The van der Waals surface area contributed by atoms with Gasteiger partial charge in [0.05, 0.1) is 0 Å². The summed E-state index contributed by atoms with van der Waals surface area (Å²) in [6.07, 6.45) is 65.4. The molecule has 0 spiro atoms. The Bertz CT molecular complexity index is 1100. The molecule has 0 aliphatic heterocycles. The van der Waals surface area contributed by atoms with Gasteiger partial charge in [-0.25, -0.2) is 0 Å². The normalized spacial score (nSPS) is 12.0. The first-order chi connectivity index (χ1) is 35.2. The van der Waals surface area contributed by atoms with Gasteiger partial charge in [0.25, 0.3) is 0 Å². The Labute approximate surface area is 450 Å². The molecule has 0 amide bonds. The Kier molecular flexibility index (Phi) is 57.4. The highest BCUT2D eigenvalue weighted by molar-refractivity contribution is 5.71. The van der Waals surface area contributed by atoms with Gasteiger partial charge in [-0.2, -0.15) is 0 Å². The zero-order valence-electron chi connectivity index (χ0n) is 49.6. The second-order valence-electron chi connectivity index (χ2n) is 23.7. The zero-order valence-corrected chi connectivity index (χ0v) is 49.6. The van der Waals surface area contributed by atoms with Crippen LogP contribution in [0.4, 0.5) is 0 Å². The maximum Gasteiger partial charge on any atom is 0.306 e. The maximum atomic E-state index is 12.9. The molecule has 0 saturated carbocycles. The molecule has 1 atom stereocenters. The fraction of sp³-hybridized carbons (Fsp3) is 0.955. The van der Waals surface area contributed by atoms with Crippen molar-refractivity contribution in [2.24, 2.45) is 11.8 Å². The molecular formula is C66H128O6. The van der Waals surface area contributed by atoms with Crippen molar-refractivity contribution in [2.75, 3.05) is 13.2 Å². The number of unbranched alkanes of at least 4 members (excludes halogenated alkanes) is 45. The lowest BCUT2D eigenvalue weighted by atomic mass is 10.0. The molecule has 0 bridgehead atoms. The van der Waals surface area contributed by atoms with Crippen LogP contribution in [0.2, 0.25) is 0 Å². The third-order valence-corrected chi connectivity index (χ3v) is 15.2. The number of hydrogen-bond donors (Lipinski definition) is 0. The molecule has 0 aliphatic carbocycles. The van der Waals surface area contributed by atoms with Gasteiger partial charge in [0.1, 0.15) is 13.2 Å². The predicted octanol–water partition coefficient (Wildman–Crippen LogP) is 22.0. The first kappa shape index (κ1) is 70.4. The first-order valence-corrected chi connectivity index (χ1v) is 32.7. The SMILES string of the molecule is CCCCCCCCCCCCCCCCCCCCCC(=O)OC[C@H](COC(=O)CCCCCCCCCCCCCCCCCCCCC(C)C)OC(=O)CCCCCCCCCCCCCC(C)C. The van der Waals surface area contributed by atoms with Gasteiger partial charge in [0.2, 0.25) is 0 Å². The van der Waals surface area contributed by atoms with Crippen LogP contribution in [0, 0.1) is 11.8 Å². The summed E-state index contributed by atoms with van der Waals surface area (Å²) < 4.78 is 17.0. The molecule has 0 aromatic carbocycles. The Morgan fingerprint density at radius 2 is 0.458 bits per heavy atom. The van der Waals surface area contributed by atoms with Gasteiger partial charge >= 0.3 is 17.9 Å². The van der Waals surface area contributed by atoms with Gasteiger partial charge in [-0.05, 0) is 31.1 Å². The van der Waals surface area contributed by atoms with E-state index in [1.54, 1.807) is 0 Å². The van der Waals surface area contributed by atoms with Crippen molar-refractivity contribution >= 4 is 17.9 Å². The highest BCUT2D eigenvalue weighted by Gasteiger charge is 2.19. The summed E-state index contributed by atoms with van der Waals surface area (Å²) in [6, 6.07) is 0. The summed E-state index contributed by atoms with van der Waals surface area (Å²) in [4.78, 5) is 38.3. The fourth-order valence-electron chi connectivity index (χ4n) is 10.3. The molecule has 0 heterocycles. The van der Waals surface area contributed by atoms with Crippen LogP contribution < -0.4 is 0 Å². The second kappa shape index (κ2) is 58.7. The average Bonchev–Trinajstić information content (AvgIpc) is 3.36. The maximum absolute atomic E-state index is 12.9. The van der Waals surface area contributed by atoms with E-state index in [-0.39, 0.29) is 31.1 Å². The Balaban J connectivity index is 4.24. The molecule has 0 aromatic rings. The highest BCUT2D eigenvalue weighted by Crippen LogP contribution is 2.19. The lowest BCUT2D eigenvalue weighted by Gasteiger charge is -2.18. The monoisotopic (exact) mass is 1020 g/mol. The Morgan fingerprint density at radius 1 is 0.264 bits per heavy atom. The number of hydrogen-bond acceptors (Lipinski definition) is 6. The molecule has 6 heteroatoms. The third kappa shape index (κ3) is 59.3. The fourth-order valence-corrected chi connectivity index (χ4v) is 10.3. The molecule has 0 N–H and O–H groups in total. The van der Waals surface area contributed by atoms with Crippen molar-refractivity contribution in [2.45, 2.75) is 381 Å². The standard InChI is InChI=1S/C66H128O6/c1-6-7-8-9-10-11-12-13-14-15-16-20-23-26-31-36-41-46-51-56-64(67)70-59-63(72-66(69)58-53-48-43-38-33-28-30-35-40-45-50-55-62(4)5)60-71-65(68)57-52-47-42-37-32-27-24-21-18-17-19-22-25-29-34-39-44-49-54-61(2)3/h61-63H,6-60H2,1-5H3/t63-/m1/s1. The van der Waals surface area contributed by atoms with Gasteiger partial charge in [0.15, 0.2) is 6.10 Å². The summed E-state index contributed by atoms with van der Waals surface area (Å²) in [5.74, 6) is 0.853. The summed E-state index contributed by atoms with van der Waals surface area (Å²) in [6.45, 7) is 11.5. The number of ether oxygens (including phenoxy) is 3. The average molecular weight is 1020 g/mol. The topological polar surface area (TPSA) is 78.9 Å². The summed E-state index contributed by atoms with van der Waals surface area (Å²) in [7, 11) is 0. The van der Waals surface area contributed by atoms with E-state index in [9.17, 15) is 14.4 Å². The Hall–Kier alpha value is -1.59. The summed E-state index contributed by atoms with van der Waals surface area (Å²) >= 11 is 0. The molecule has 0 saturated heterocycles. The largest absolute Gasteiger partial charge is 0.462 e. The van der Waals surface area contributed by atoms with Gasteiger partial charge in [0, 0.05) is 19.3 Å². The quantitative estimate of drug-likeness (QED) is 0.0343. The molecule has 0 radical (unpaired) electrons. The van der Waals surface area contributed by atoms with Gasteiger partial charge in [-0.15, -0.1) is 0 Å². The molecule has 0 unspecified atom stereocenters. The summed E-state index contributed by atoms with van der Waals surface area (Å²) in [5.41, 5.74) is 0. The molecule has 0 fully saturated rings. The number of rotatable bonds is 60. The van der Waals surface area contributed by atoms with E-state index in [0.29, 0.717) is 19.3 Å². The van der Waals surface area contributed by atoms with E-state index in [2.05, 4.69) is 34.6 Å². The molecule has 428 valence electrons. The predicted molar refractivity (Wildman–Crippen MR) is 312 cm³/mol. The van der Waals surface area contributed by atoms with Crippen molar-refractivity contribution in [3.05, 3.63) is 0 Å². The van der Waals surface area contributed by atoms with E-state index >= 15 is 0 Å². The van der Waals surface area contributed by atoms with Gasteiger partial charge < -0.3 is 14.2 Å². The molecule has 0 rings (SSSR count). The van der Waals surface area contributed by atoms with Crippen LogP contribution in [0.5, 0.6) is 0 Å². The zero-order chi connectivity index (χ0) is 52.5. The van der Waals surface area contributed by atoms with Gasteiger partial charge in [-0.1, -0.05) is 336 Å². The van der Waals surface area contributed by atoms with Gasteiger partial charge in [-0.3, -0.25) is 14.4 Å².